The van der Waals surface area contributed by atoms with Crippen LogP contribution in [0.15, 0.2) is 39.4 Å². The van der Waals surface area contributed by atoms with Crippen molar-refractivity contribution in [3.8, 4) is 11.3 Å². The van der Waals surface area contributed by atoms with E-state index in [0.29, 0.717) is 0 Å². The summed E-state index contributed by atoms with van der Waals surface area (Å²) < 4.78 is 8.85. The van der Waals surface area contributed by atoms with Gasteiger partial charge in [0.25, 0.3) is 0 Å². The lowest BCUT2D eigenvalue weighted by Crippen LogP contribution is -2.27. The van der Waals surface area contributed by atoms with Crippen LogP contribution in [0.2, 0.25) is 0 Å². The van der Waals surface area contributed by atoms with Crippen molar-refractivity contribution in [2.24, 2.45) is 0 Å². The summed E-state index contributed by atoms with van der Waals surface area (Å²) in [4.78, 5) is 12.3. The van der Waals surface area contributed by atoms with Crippen molar-refractivity contribution < 1.29 is 9.53 Å². The summed E-state index contributed by atoms with van der Waals surface area (Å²) in [7, 11) is 0. The van der Waals surface area contributed by atoms with Crippen LogP contribution in [0, 0.1) is 6.92 Å². The van der Waals surface area contributed by atoms with E-state index in [1.54, 1.807) is 6.20 Å². The number of halogens is 2. The summed E-state index contributed by atoms with van der Waals surface area (Å²) in [6.07, 6.45) is 1.34. The first-order valence-corrected chi connectivity index (χ1v) is 8.14. The molecule has 1 aromatic carbocycles. The first-order chi connectivity index (χ1) is 9.67. The van der Waals surface area contributed by atoms with Crippen LogP contribution in [-0.4, -0.2) is 16.3 Å². The van der Waals surface area contributed by atoms with Gasteiger partial charge in [-0.15, -0.1) is 0 Å². The molecule has 0 atom stereocenters. The SMILES string of the molecule is Cc1cc(-c2cc(Br)cn2C(=O)OC(C)(C)C)ccc1Br. The zero-order valence-corrected chi connectivity index (χ0v) is 15.6. The van der Waals surface area contributed by atoms with Crippen LogP contribution in [0.1, 0.15) is 26.3 Å². The van der Waals surface area contributed by atoms with E-state index in [1.165, 1.54) is 4.57 Å². The number of hydrogen-bond donors (Lipinski definition) is 0. The number of aromatic nitrogens is 1. The Labute approximate surface area is 141 Å². The molecule has 0 aliphatic rings. The molecule has 0 amide bonds. The highest BCUT2D eigenvalue weighted by molar-refractivity contribution is 9.10. The molecule has 0 aliphatic heterocycles. The third-order valence-electron chi connectivity index (χ3n) is 2.83. The topological polar surface area (TPSA) is 31.2 Å². The molecule has 21 heavy (non-hydrogen) atoms. The molecule has 0 radical (unpaired) electrons. The van der Waals surface area contributed by atoms with Crippen LogP contribution in [0.3, 0.4) is 0 Å². The molecule has 0 aliphatic carbocycles. The molecule has 0 saturated heterocycles. The predicted molar refractivity (Wildman–Crippen MR) is 91.6 cm³/mol. The molecular weight excluding hydrogens is 398 g/mol. The Balaban J connectivity index is 2.45. The van der Waals surface area contributed by atoms with Gasteiger partial charge in [-0.3, -0.25) is 4.57 Å². The number of rotatable bonds is 1. The fourth-order valence-electron chi connectivity index (χ4n) is 1.92. The van der Waals surface area contributed by atoms with Gasteiger partial charge >= 0.3 is 6.09 Å². The maximum absolute atomic E-state index is 12.3. The van der Waals surface area contributed by atoms with E-state index < -0.39 is 5.60 Å². The molecule has 0 unspecified atom stereocenters. The average Bonchev–Trinajstić information content (AvgIpc) is 2.73. The summed E-state index contributed by atoms with van der Waals surface area (Å²) in [5, 5.41) is 0. The summed E-state index contributed by atoms with van der Waals surface area (Å²) in [6.45, 7) is 7.58. The van der Waals surface area contributed by atoms with Crippen LogP contribution >= 0.6 is 31.9 Å². The van der Waals surface area contributed by atoms with Gasteiger partial charge in [-0.05, 0) is 73.0 Å². The molecule has 0 bridgehead atoms. The first-order valence-electron chi connectivity index (χ1n) is 6.55. The molecule has 0 saturated carbocycles. The Morgan fingerprint density at radius 2 is 1.86 bits per heavy atom. The highest BCUT2D eigenvalue weighted by atomic mass is 79.9. The second kappa shape index (κ2) is 5.97. The van der Waals surface area contributed by atoms with Crippen molar-refractivity contribution in [1.29, 1.82) is 0 Å². The van der Waals surface area contributed by atoms with Gasteiger partial charge in [0.05, 0.1) is 5.69 Å². The van der Waals surface area contributed by atoms with Crippen molar-refractivity contribution in [3.05, 3.63) is 45.0 Å². The van der Waals surface area contributed by atoms with E-state index >= 15 is 0 Å². The minimum atomic E-state index is -0.527. The third-order valence-corrected chi connectivity index (χ3v) is 4.15. The van der Waals surface area contributed by atoms with Crippen LogP contribution in [0.4, 0.5) is 4.79 Å². The predicted octanol–water partition coefficient (Wildman–Crippen LogP) is 5.77. The van der Waals surface area contributed by atoms with Crippen molar-refractivity contribution in [2.75, 3.05) is 0 Å². The van der Waals surface area contributed by atoms with Crippen LogP contribution in [0.25, 0.3) is 11.3 Å². The number of carbonyl (C=O) groups excluding carboxylic acids is 1. The molecule has 1 heterocycles. The highest BCUT2D eigenvalue weighted by Crippen LogP contribution is 2.29. The molecule has 1 aromatic heterocycles. The first kappa shape index (κ1) is 16.3. The average molecular weight is 415 g/mol. The van der Waals surface area contributed by atoms with E-state index in [-0.39, 0.29) is 6.09 Å². The van der Waals surface area contributed by atoms with Crippen molar-refractivity contribution in [2.45, 2.75) is 33.3 Å². The molecule has 5 heteroatoms. The van der Waals surface area contributed by atoms with Crippen LogP contribution in [0.5, 0.6) is 0 Å². The van der Waals surface area contributed by atoms with Gasteiger partial charge in [-0.25, -0.2) is 4.79 Å². The fraction of sp³-hybridized carbons (Fsp3) is 0.312. The van der Waals surface area contributed by atoms with Gasteiger partial charge in [-0.2, -0.15) is 0 Å². The number of benzene rings is 1. The molecule has 2 rings (SSSR count). The fourth-order valence-corrected chi connectivity index (χ4v) is 2.59. The third kappa shape index (κ3) is 3.98. The number of nitrogens with zero attached hydrogens (tertiary/aromatic N) is 1. The van der Waals surface area contributed by atoms with Crippen molar-refractivity contribution >= 4 is 38.0 Å². The largest absolute Gasteiger partial charge is 0.443 e. The van der Waals surface area contributed by atoms with Gasteiger partial charge in [0.15, 0.2) is 0 Å². The monoisotopic (exact) mass is 413 g/mol. The second-order valence-electron chi connectivity index (χ2n) is 5.86. The smallest absolute Gasteiger partial charge is 0.419 e. The summed E-state index contributed by atoms with van der Waals surface area (Å²) in [5.74, 6) is 0. The Morgan fingerprint density at radius 1 is 1.19 bits per heavy atom. The maximum atomic E-state index is 12.3. The summed E-state index contributed by atoms with van der Waals surface area (Å²) in [6, 6.07) is 7.89. The lowest BCUT2D eigenvalue weighted by Gasteiger charge is -2.20. The van der Waals surface area contributed by atoms with E-state index in [4.69, 9.17) is 4.74 Å². The maximum Gasteiger partial charge on any atom is 0.419 e. The Kier molecular flexibility index (Phi) is 4.63. The van der Waals surface area contributed by atoms with Gasteiger partial charge in [0.1, 0.15) is 5.60 Å². The molecule has 0 spiro atoms. The van der Waals surface area contributed by atoms with Crippen molar-refractivity contribution in [3.63, 3.8) is 0 Å². The van der Waals surface area contributed by atoms with E-state index in [1.807, 2.05) is 52.0 Å². The lowest BCUT2D eigenvalue weighted by molar-refractivity contribution is 0.0540. The summed E-state index contributed by atoms with van der Waals surface area (Å²) >= 11 is 6.91. The second-order valence-corrected chi connectivity index (χ2v) is 7.63. The van der Waals surface area contributed by atoms with Gasteiger partial charge in [0, 0.05) is 15.1 Å². The van der Waals surface area contributed by atoms with Crippen molar-refractivity contribution in [1.82, 2.24) is 4.57 Å². The standard InChI is InChI=1S/C16H17Br2NO2/c1-10-7-11(5-6-13(10)18)14-8-12(17)9-19(14)15(20)21-16(2,3)4/h5-9H,1-4H3. The molecule has 3 nitrogen and oxygen atoms in total. The molecule has 2 aromatic rings. The normalized spacial score (nSPS) is 11.5. The summed E-state index contributed by atoms with van der Waals surface area (Å²) in [5.41, 5.74) is 2.35. The van der Waals surface area contributed by atoms with Crippen LogP contribution < -0.4 is 0 Å². The quantitative estimate of drug-likeness (QED) is 0.592. The van der Waals surface area contributed by atoms with E-state index in [9.17, 15) is 4.79 Å². The zero-order chi connectivity index (χ0) is 15.8. The minimum absolute atomic E-state index is 0.385. The molecule has 0 fully saturated rings. The zero-order valence-electron chi connectivity index (χ0n) is 12.4. The molecule has 0 N–H and O–H groups in total. The van der Waals surface area contributed by atoms with Gasteiger partial charge in [-0.1, -0.05) is 22.0 Å². The van der Waals surface area contributed by atoms with Gasteiger partial charge in [0.2, 0.25) is 0 Å². The van der Waals surface area contributed by atoms with Crippen LogP contribution in [-0.2, 0) is 4.74 Å². The number of aryl methyl sites for hydroxylation is 1. The van der Waals surface area contributed by atoms with E-state index in [2.05, 4.69) is 31.9 Å². The Hall–Kier alpha value is -1.07. The highest BCUT2D eigenvalue weighted by Gasteiger charge is 2.21. The van der Waals surface area contributed by atoms with Gasteiger partial charge < -0.3 is 4.74 Å². The minimum Gasteiger partial charge on any atom is -0.443 e. The molecular formula is C16H17Br2NO2. The number of ether oxygens (including phenoxy) is 1. The lowest BCUT2D eigenvalue weighted by atomic mass is 10.1. The molecule has 112 valence electrons. The number of hydrogen-bond acceptors (Lipinski definition) is 2. The number of carbonyl (C=O) groups is 1. The Morgan fingerprint density at radius 3 is 2.43 bits per heavy atom. The van der Waals surface area contributed by atoms with E-state index in [0.717, 1.165) is 25.8 Å². The Bertz CT molecular complexity index is 684.